The Hall–Kier alpha value is -3.30. The van der Waals surface area contributed by atoms with E-state index in [1.54, 1.807) is 24.5 Å². The minimum atomic E-state index is -3.65. The molecule has 0 aliphatic rings. The van der Waals surface area contributed by atoms with Gasteiger partial charge in [-0.05, 0) is 48.0 Å². The molecule has 150 valence electrons. The number of carbonyl (C=O) groups is 1. The largest absolute Gasteiger partial charge is 0.485 e. The van der Waals surface area contributed by atoms with E-state index in [4.69, 9.17) is 4.74 Å². The van der Waals surface area contributed by atoms with Crippen molar-refractivity contribution in [1.82, 2.24) is 14.3 Å². The molecule has 1 N–H and O–H groups in total. The van der Waals surface area contributed by atoms with Gasteiger partial charge in [0.1, 0.15) is 6.61 Å². The molecular weight excluding hydrogens is 392 g/mol. The number of aromatic nitrogens is 2. The number of amides is 1. The zero-order valence-electron chi connectivity index (χ0n) is 15.9. The van der Waals surface area contributed by atoms with Gasteiger partial charge in [-0.1, -0.05) is 6.07 Å². The molecule has 8 nitrogen and oxygen atoms in total. The van der Waals surface area contributed by atoms with Gasteiger partial charge < -0.3 is 10.1 Å². The molecule has 2 heterocycles. The maximum atomic E-state index is 12.7. The summed E-state index contributed by atoms with van der Waals surface area (Å²) in [6.45, 7) is 0.285. The number of hydrogen-bond acceptors (Lipinski definition) is 6. The summed E-state index contributed by atoms with van der Waals surface area (Å²) in [5.41, 5.74) is 1.11. The molecule has 0 aliphatic carbocycles. The summed E-state index contributed by atoms with van der Waals surface area (Å²) in [5.74, 6) is 0.149. The fourth-order valence-corrected chi connectivity index (χ4v) is 3.38. The molecule has 0 spiro atoms. The highest BCUT2D eigenvalue weighted by atomic mass is 32.2. The monoisotopic (exact) mass is 412 g/mol. The molecule has 9 heteroatoms. The van der Waals surface area contributed by atoms with Gasteiger partial charge in [-0.3, -0.25) is 9.78 Å². The predicted molar refractivity (Wildman–Crippen MR) is 108 cm³/mol. The van der Waals surface area contributed by atoms with Crippen LogP contribution in [0.5, 0.6) is 5.75 Å². The van der Waals surface area contributed by atoms with E-state index in [9.17, 15) is 13.2 Å². The molecule has 0 bridgehead atoms. The molecule has 1 amide bonds. The number of anilines is 1. The molecule has 2 aromatic heterocycles. The van der Waals surface area contributed by atoms with E-state index < -0.39 is 15.9 Å². The Kier molecular flexibility index (Phi) is 6.20. The third-order valence-electron chi connectivity index (χ3n) is 4.02. The number of pyridine rings is 2. The average Bonchev–Trinajstić information content (AvgIpc) is 2.74. The van der Waals surface area contributed by atoms with Crippen LogP contribution in [-0.4, -0.2) is 42.7 Å². The molecule has 0 fully saturated rings. The van der Waals surface area contributed by atoms with Crippen LogP contribution in [0, 0.1) is 0 Å². The number of hydrogen-bond donors (Lipinski definition) is 1. The number of ether oxygens (including phenoxy) is 1. The van der Waals surface area contributed by atoms with Crippen molar-refractivity contribution in [3.8, 4) is 5.75 Å². The number of carbonyl (C=O) groups excluding carboxylic acids is 1. The van der Waals surface area contributed by atoms with Gasteiger partial charge in [0.15, 0.2) is 11.6 Å². The Morgan fingerprint density at radius 2 is 1.83 bits per heavy atom. The van der Waals surface area contributed by atoms with Crippen molar-refractivity contribution >= 4 is 21.7 Å². The van der Waals surface area contributed by atoms with E-state index in [-0.39, 0.29) is 22.9 Å². The minimum absolute atomic E-state index is 0.0327. The van der Waals surface area contributed by atoms with Gasteiger partial charge >= 0.3 is 0 Å². The first kappa shape index (κ1) is 20.4. The van der Waals surface area contributed by atoms with Gasteiger partial charge in [-0.25, -0.2) is 17.7 Å². The third-order valence-corrected chi connectivity index (χ3v) is 5.83. The van der Waals surface area contributed by atoms with Crippen LogP contribution < -0.4 is 10.1 Å². The number of sulfonamides is 1. The zero-order valence-corrected chi connectivity index (χ0v) is 16.8. The average molecular weight is 412 g/mol. The van der Waals surface area contributed by atoms with Crippen molar-refractivity contribution in [2.75, 3.05) is 19.4 Å². The lowest BCUT2D eigenvalue weighted by molar-refractivity contribution is 0.102. The lowest BCUT2D eigenvalue weighted by Gasteiger charge is -2.13. The second kappa shape index (κ2) is 8.80. The van der Waals surface area contributed by atoms with Crippen molar-refractivity contribution in [1.29, 1.82) is 0 Å². The molecule has 1 aromatic carbocycles. The molecule has 0 saturated carbocycles. The number of rotatable bonds is 7. The van der Waals surface area contributed by atoms with Crippen LogP contribution >= 0.6 is 0 Å². The SMILES string of the molecule is CN(C)S(=O)(=O)c1cccc(C(=O)Nc2ncccc2OCc2ccncc2)c1. The second-order valence-corrected chi connectivity index (χ2v) is 8.42. The Morgan fingerprint density at radius 1 is 1.07 bits per heavy atom. The Labute approximate surface area is 169 Å². The maximum absolute atomic E-state index is 12.7. The van der Waals surface area contributed by atoms with Crippen molar-refractivity contribution in [3.05, 3.63) is 78.2 Å². The number of benzene rings is 1. The zero-order chi connectivity index (χ0) is 20.9. The van der Waals surface area contributed by atoms with Gasteiger partial charge in [-0.2, -0.15) is 0 Å². The second-order valence-electron chi connectivity index (χ2n) is 6.26. The van der Waals surface area contributed by atoms with Crippen molar-refractivity contribution in [3.63, 3.8) is 0 Å². The van der Waals surface area contributed by atoms with E-state index in [1.807, 2.05) is 12.1 Å². The van der Waals surface area contributed by atoms with Crippen LogP contribution in [0.3, 0.4) is 0 Å². The summed E-state index contributed by atoms with van der Waals surface area (Å²) in [6, 6.07) is 12.9. The van der Waals surface area contributed by atoms with E-state index in [0.29, 0.717) is 5.75 Å². The van der Waals surface area contributed by atoms with Crippen LogP contribution in [0.15, 0.2) is 72.0 Å². The molecular formula is C20H20N4O4S. The molecule has 0 aliphatic heterocycles. The Morgan fingerprint density at radius 3 is 2.55 bits per heavy atom. The molecule has 3 aromatic rings. The maximum Gasteiger partial charge on any atom is 0.256 e. The van der Waals surface area contributed by atoms with Crippen molar-refractivity contribution in [2.45, 2.75) is 11.5 Å². The van der Waals surface area contributed by atoms with Crippen LogP contribution in [0.25, 0.3) is 0 Å². The lowest BCUT2D eigenvalue weighted by atomic mass is 10.2. The van der Waals surface area contributed by atoms with E-state index in [0.717, 1.165) is 9.87 Å². The number of nitrogens with zero attached hydrogens (tertiary/aromatic N) is 3. The normalized spacial score (nSPS) is 11.3. The van der Waals surface area contributed by atoms with E-state index in [2.05, 4.69) is 15.3 Å². The minimum Gasteiger partial charge on any atom is -0.485 e. The fraction of sp³-hybridized carbons (Fsp3) is 0.150. The molecule has 29 heavy (non-hydrogen) atoms. The van der Waals surface area contributed by atoms with Gasteiger partial charge in [-0.15, -0.1) is 0 Å². The van der Waals surface area contributed by atoms with Crippen molar-refractivity contribution < 1.29 is 17.9 Å². The quantitative estimate of drug-likeness (QED) is 0.640. The highest BCUT2D eigenvalue weighted by molar-refractivity contribution is 7.89. The first-order valence-electron chi connectivity index (χ1n) is 8.68. The van der Waals surface area contributed by atoms with E-state index in [1.165, 1.54) is 44.6 Å². The van der Waals surface area contributed by atoms with Crippen LogP contribution in [0.4, 0.5) is 5.82 Å². The molecule has 3 rings (SSSR count). The summed E-state index contributed by atoms with van der Waals surface area (Å²) < 4.78 is 31.4. The smallest absolute Gasteiger partial charge is 0.256 e. The molecule has 0 saturated heterocycles. The highest BCUT2D eigenvalue weighted by Crippen LogP contribution is 2.23. The van der Waals surface area contributed by atoms with Gasteiger partial charge in [0.25, 0.3) is 5.91 Å². The van der Waals surface area contributed by atoms with Crippen molar-refractivity contribution in [2.24, 2.45) is 0 Å². The summed E-state index contributed by atoms with van der Waals surface area (Å²) in [4.78, 5) is 20.8. The molecule has 0 radical (unpaired) electrons. The standard InChI is InChI=1S/C20H20N4O4S/c1-24(2)29(26,27)17-6-3-5-16(13-17)20(25)23-19-18(7-4-10-22-19)28-14-15-8-11-21-12-9-15/h3-13H,14H2,1-2H3,(H,22,23,25). The summed E-state index contributed by atoms with van der Waals surface area (Å²) in [7, 11) is -0.779. The topological polar surface area (TPSA) is 101 Å². The summed E-state index contributed by atoms with van der Waals surface area (Å²) >= 11 is 0. The first-order valence-corrected chi connectivity index (χ1v) is 10.1. The predicted octanol–water partition coefficient (Wildman–Crippen LogP) is 2.56. The third kappa shape index (κ3) is 4.95. The fourth-order valence-electron chi connectivity index (χ4n) is 2.43. The van der Waals surface area contributed by atoms with Gasteiger partial charge in [0.05, 0.1) is 4.90 Å². The van der Waals surface area contributed by atoms with Gasteiger partial charge in [0, 0.05) is 38.2 Å². The molecule has 0 unspecified atom stereocenters. The summed E-state index contributed by atoms with van der Waals surface area (Å²) in [6.07, 6.45) is 4.86. The molecule has 0 atom stereocenters. The lowest BCUT2D eigenvalue weighted by Crippen LogP contribution is -2.23. The summed E-state index contributed by atoms with van der Waals surface area (Å²) in [5, 5.41) is 2.68. The number of nitrogens with one attached hydrogen (secondary N) is 1. The Bertz CT molecular complexity index is 1100. The first-order chi connectivity index (χ1) is 13.9. The highest BCUT2D eigenvalue weighted by Gasteiger charge is 2.19. The van der Waals surface area contributed by atoms with Crippen LogP contribution in [0.1, 0.15) is 15.9 Å². The van der Waals surface area contributed by atoms with Crippen LogP contribution in [-0.2, 0) is 16.6 Å². The van der Waals surface area contributed by atoms with Crippen LogP contribution in [0.2, 0.25) is 0 Å². The van der Waals surface area contributed by atoms with E-state index >= 15 is 0 Å². The van der Waals surface area contributed by atoms with Gasteiger partial charge in [0.2, 0.25) is 10.0 Å². The Balaban J connectivity index is 1.78.